The summed E-state index contributed by atoms with van der Waals surface area (Å²) in [7, 11) is 0. The van der Waals surface area contributed by atoms with Crippen molar-refractivity contribution in [3.8, 4) is 0 Å². The summed E-state index contributed by atoms with van der Waals surface area (Å²) < 4.78 is 34.9. The molecular formula is C40H72O16. The topological polar surface area (TPSA) is 245 Å². The number of aliphatic hydroxyl groups is 6. The molecule has 1 fully saturated rings. The lowest BCUT2D eigenvalue weighted by atomic mass is 9.97. The van der Waals surface area contributed by atoms with Crippen molar-refractivity contribution in [1.29, 1.82) is 0 Å². The second kappa shape index (κ2) is 30.6. The van der Waals surface area contributed by atoms with Crippen LogP contribution in [0, 0.1) is 0 Å². The zero-order chi connectivity index (χ0) is 41.9. The van der Waals surface area contributed by atoms with Gasteiger partial charge in [-0.1, -0.05) is 105 Å². The van der Waals surface area contributed by atoms with Gasteiger partial charge in [-0.3, -0.25) is 19.2 Å². The Kier molecular flexibility index (Phi) is 28.2. The maximum absolute atomic E-state index is 13.4. The molecule has 1 saturated heterocycles. The van der Waals surface area contributed by atoms with Crippen LogP contribution in [0.4, 0.5) is 0 Å². The van der Waals surface area contributed by atoms with Crippen molar-refractivity contribution in [2.75, 3.05) is 13.2 Å². The fourth-order valence-electron chi connectivity index (χ4n) is 6.11. The van der Waals surface area contributed by atoms with E-state index in [1.54, 1.807) is 0 Å². The Morgan fingerprint density at radius 3 is 1.36 bits per heavy atom. The molecule has 1 rings (SSSR count). The molecule has 10 atom stereocenters. The van der Waals surface area contributed by atoms with Crippen molar-refractivity contribution in [3.63, 3.8) is 0 Å². The summed E-state index contributed by atoms with van der Waals surface area (Å²) >= 11 is 0. The molecule has 1 aliphatic heterocycles. The SMILES string of the molecule is CCCCCCC(=O)OC[C@H]1O[C@H](OC(O)[C@@H](O)[C@@H](O)[C@H](O)[C@H](O)CO)[C@@H](OC(=O)CCCCCC)[C@@H](OC(=O)CCCCCC)[C@@H]1OC(=O)CCCCCC. The lowest BCUT2D eigenvalue weighted by Crippen LogP contribution is -2.64. The fraction of sp³-hybridized carbons (Fsp3) is 0.900. The zero-order valence-corrected chi connectivity index (χ0v) is 34.1. The molecule has 1 aliphatic rings. The van der Waals surface area contributed by atoms with Crippen LogP contribution in [0.15, 0.2) is 0 Å². The first-order valence-corrected chi connectivity index (χ1v) is 20.9. The van der Waals surface area contributed by atoms with Crippen LogP contribution < -0.4 is 0 Å². The van der Waals surface area contributed by atoms with Crippen LogP contribution in [0.1, 0.15) is 156 Å². The van der Waals surface area contributed by atoms with Crippen molar-refractivity contribution < 1.29 is 78.2 Å². The Balaban J connectivity index is 3.65. The fourth-order valence-corrected chi connectivity index (χ4v) is 6.11. The number of rotatable bonds is 32. The summed E-state index contributed by atoms with van der Waals surface area (Å²) in [5.74, 6) is -2.73. The minimum atomic E-state index is -2.40. The number of hydrogen-bond donors (Lipinski definition) is 6. The van der Waals surface area contributed by atoms with Crippen molar-refractivity contribution in [2.45, 2.75) is 218 Å². The van der Waals surface area contributed by atoms with Crippen molar-refractivity contribution in [1.82, 2.24) is 0 Å². The average Bonchev–Trinajstić information content (AvgIpc) is 3.18. The maximum atomic E-state index is 13.4. The molecule has 16 heteroatoms. The van der Waals surface area contributed by atoms with E-state index in [1.165, 1.54) is 0 Å². The highest BCUT2D eigenvalue weighted by molar-refractivity contribution is 5.72. The molecule has 328 valence electrons. The molecular weight excluding hydrogens is 736 g/mol. The molecule has 1 unspecified atom stereocenters. The summed E-state index contributed by atoms with van der Waals surface area (Å²) in [6, 6.07) is 0. The van der Waals surface area contributed by atoms with E-state index in [1.807, 2.05) is 27.7 Å². The molecule has 0 spiro atoms. The van der Waals surface area contributed by atoms with E-state index in [2.05, 4.69) is 0 Å². The zero-order valence-electron chi connectivity index (χ0n) is 34.1. The molecule has 0 saturated carbocycles. The highest BCUT2D eigenvalue weighted by Gasteiger charge is 2.54. The molecule has 0 amide bonds. The number of esters is 4. The first-order chi connectivity index (χ1) is 26.8. The summed E-state index contributed by atoms with van der Waals surface area (Å²) in [5.41, 5.74) is 0. The molecule has 0 aromatic heterocycles. The number of unbranched alkanes of at least 4 members (excludes halogenated alkanes) is 12. The van der Waals surface area contributed by atoms with Gasteiger partial charge in [-0.2, -0.15) is 0 Å². The van der Waals surface area contributed by atoms with Crippen LogP contribution in [0.5, 0.6) is 0 Å². The van der Waals surface area contributed by atoms with Gasteiger partial charge in [0, 0.05) is 25.7 Å². The minimum absolute atomic E-state index is 0.00471. The van der Waals surface area contributed by atoms with Crippen LogP contribution in [-0.4, -0.2) is 129 Å². The van der Waals surface area contributed by atoms with E-state index in [9.17, 15) is 49.8 Å². The van der Waals surface area contributed by atoms with Crippen LogP contribution >= 0.6 is 0 Å². The van der Waals surface area contributed by atoms with Gasteiger partial charge in [-0.25, -0.2) is 0 Å². The van der Waals surface area contributed by atoms with Crippen LogP contribution in [0.2, 0.25) is 0 Å². The quantitative estimate of drug-likeness (QED) is 0.0246. The van der Waals surface area contributed by atoms with E-state index in [0.29, 0.717) is 25.7 Å². The average molecular weight is 809 g/mol. The number of carbonyl (C=O) groups is 4. The highest BCUT2D eigenvalue weighted by Crippen LogP contribution is 2.32. The van der Waals surface area contributed by atoms with E-state index >= 15 is 0 Å². The van der Waals surface area contributed by atoms with Crippen LogP contribution in [-0.2, 0) is 47.6 Å². The molecule has 0 radical (unpaired) electrons. The van der Waals surface area contributed by atoms with Crippen molar-refractivity contribution >= 4 is 23.9 Å². The van der Waals surface area contributed by atoms with E-state index in [-0.39, 0.29) is 25.7 Å². The van der Waals surface area contributed by atoms with E-state index in [0.717, 1.165) is 77.0 Å². The Labute approximate surface area is 332 Å². The lowest BCUT2D eigenvalue weighted by molar-refractivity contribution is -0.349. The van der Waals surface area contributed by atoms with Gasteiger partial charge < -0.3 is 59.1 Å². The third-order valence-electron chi connectivity index (χ3n) is 9.59. The van der Waals surface area contributed by atoms with Crippen molar-refractivity contribution in [2.24, 2.45) is 0 Å². The van der Waals surface area contributed by atoms with Crippen LogP contribution in [0.3, 0.4) is 0 Å². The van der Waals surface area contributed by atoms with Gasteiger partial charge in [0.15, 0.2) is 24.6 Å². The normalized spacial score (nSPS) is 22.4. The van der Waals surface area contributed by atoms with Gasteiger partial charge >= 0.3 is 23.9 Å². The largest absolute Gasteiger partial charge is 0.463 e. The number of hydrogen-bond acceptors (Lipinski definition) is 16. The Bertz CT molecular complexity index is 1070. The molecule has 16 nitrogen and oxygen atoms in total. The second-order valence-corrected chi connectivity index (χ2v) is 14.6. The summed E-state index contributed by atoms with van der Waals surface area (Å²) in [5, 5.41) is 61.3. The van der Waals surface area contributed by atoms with Crippen LogP contribution in [0.25, 0.3) is 0 Å². The third kappa shape index (κ3) is 20.3. The first kappa shape index (κ1) is 51.6. The summed E-state index contributed by atoms with van der Waals surface area (Å²) in [4.78, 5) is 52.8. The Hall–Kier alpha value is -2.44. The Morgan fingerprint density at radius 2 is 0.929 bits per heavy atom. The molecule has 0 aliphatic carbocycles. The third-order valence-corrected chi connectivity index (χ3v) is 9.59. The number of aliphatic hydroxyl groups excluding tert-OH is 6. The maximum Gasteiger partial charge on any atom is 0.306 e. The standard InChI is InChI=1S/C40H72O16/c1-5-9-13-17-21-29(43)51-26-28-36(53-30(44)22-18-14-10-6-2)37(54-31(45)23-19-15-11-7-3)38(55-32(46)24-20-16-12-8-4)40(52-28)56-39(50)35(49)34(48)33(47)27(42)25-41/h27-28,33-42,47-50H,5-26H2,1-4H3/t27-,28-,33-,34+,35+,36-,37+,38+,39?,40-/m1/s1. The molecule has 0 bridgehead atoms. The predicted molar refractivity (Wildman–Crippen MR) is 203 cm³/mol. The molecule has 0 aromatic carbocycles. The predicted octanol–water partition coefficient (Wildman–Crippen LogP) is 3.64. The smallest absolute Gasteiger partial charge is 0.306 e. The van der Waals surface area contributed by atoms with Gasteiger partial charge in [0.2, 0.25) is 6.29 Å². The molecule has 0 aromatic rings. The molecule has 6 N–H and O–H groups in total. The minimum Gasteiger partial charge on any atom is -0.463 e. The van der Waals surface area contributed by atoms with Gasteiger partial charge in [-0.15, -0.1) is 0 Å². The monoisotopic (exact) mass is 808 g/mol. The molecule has 1 heterocycles. The van der Waals surface area contributed by atoms with Crippen molar-refractivity contribution in [3.05, 3.63) is 0 Å². The second-order valence-electron chi connectivity index (χ2n) is 14.6. The summed E-state index contributed by atoms with van der Waals surface area (Å²) in [6.07, 6.45) is -6.82. The van der Waals surface area contributed by atoms with Gasteiger partial charge in [0.05, 0.1) is 6.61 Å². The van der Waals surface area contributed by atoms with Gasteiger partial charge in [0.1, 0.15) is 37.1 Å². The lowest BCUT2D eigenvalue weighted by Gasteiger charge is -2.45. The van der Waals surface area contributed by atoms with E-state index in [4.69, 9.17) is 28.4 Å². The first-order valence-electron chi connectivity index (χ1n) is 20.9. The highest BCUT2D eigenvalue weighted by atomic mass is 16.8. The Morgan fingerprint density at radius 1 is 0.518 bits per heavy atom. The van der Waals surface area contributed by atoms with Gasteiger partial charge in [0.25, 0.3) is 0 Å². The number of carbonyl (C=O) groups excluding carboxylic acids is 4. The van der Waals surface area contributed by atoms with Gasteiger partial charge in [-0.05, 0) is 25.7 Å². The summed E-state index contributed by atoms with van der Waals surface area (Å²) in [6.45, 7) is 6.56. The number of ether oxygens (including phenoxy) is 6. The van der Waals surface area contributed by atoms with E-state index < -0.39 is 98.5 Å². The molecule has 56 heavy (non-hydrogen) atoms.